The number of para-hydroxylation sites is 1. The molecule has 0 fully saturated rings. The van der Waals surface area contributed by atoms with Crippen LogP contribution in [0.1, 0.15) is 12.5 Å². The molecule has 5 rings (SSSR count). The van der Waals surface area contributed by atoms with Crippen molar-refractivity contribution in [3.63, 3.8) is 0 Å². The molecule has 6 nitrogen and oxygen atoms in total. The molecular formula is C23H18N4O2S3. The van der Waals surface area contributed by atoms with E-state index in [9.17, 15) is 9.59 Å². The summed E-state index contributed by atoms with van der Waals surface area (Å²) in [5.74, 6) is -0.191. The molecule has 160 valence electrons. The molecule has 2 aromatic carbocycles. The lowest BCUT2D eigenvalue weighted by atomic mass is 10.1. The number of carbonyl (C=O) groups excluding carboxylic acids is 1. The topological polar surface area (TPSA) is 87.7 Å². The summed E-state index contributed by atoms with van der Waals surface area (Å²) in [5, 5.41) is 5.92. The summed E-state index contributed by atoms with van der Waals surface area (Å²) in [5.41, 5.74) is 3.67. The van der Waals surface area contributed by atoms with E-state index in [0.29, 0.717) is 20.5 Å². The first kappa shape index (κ1) is 20.9. The summed E-state index contributed by atoms with van der Waals surface area (Å²) in [6.07, 6.45) is 0. The van der Waals surface area contributed by atoms with Crippen LogP contribution < -0.4 is 10.9 Å². The Hall–Kier alpha value is -3.01. The van der Waals surface area contributed by atoms with Gasteiger partial charge in [0.1, 0.15) is 4.83 Å². The number of thiazole rings is 1. The Bertz CT molecular complexity index is 1470. The number of nitrogens with one attached hydrogen (secondary N) is 2. The summed E-state index contributed by atoms with van der Waals surface area (Å²) in [6, 6.07) is 15.8. The Labute approximate surface area is 195 Å². The van der Waals surface area contributed by atoms with Gasteiger partial charge in [0.2, 0.25) is 5.91 Å². The molecule has 2 N–H and O–H groups in total. The number of benzene rings is 2. The minimum Gasteiger partial charge on any atom is -0.301 e. The molecule has 0 saturated heterocycles. The highest BCUT2D eigenvalue weighted by Crippen LogP contribution is 2.32. The van der Waals surface area contributed by atoms with Crippen molar-refractivity contribution in [3.8, 4) is 11.1 Å². The van der Waals surface area contributed by atoms with Gasteiger partial charge >= 0.3 is 0 Å². The number of rotatable bonds is 5. The predicted octanol–water partition coefficient (Wildman–Crippen LogP) is 5.69. The highest BCUT2D eigenvalue weighted by Gasteiger charge is 2.19. The largest absolute Gasteiger partial charge is 0.301 e. The summed E-state index contributed by atoms with van der Waals surface area (Å²) in [4.78, 5) is 38.1. The monoisotopic (exact) mass is 478 g/mol. The molecule has 1 amide bonds. The summed E-state index contributed by atoms with van der Waals surface area (Å²) in [6.45, 7) is 3.81. The first-order valence-corrected chi connectivity index (χ1v) is 12.5. The van der Waals surface area contributed by atoms with Gasteiger partial charge in [-0.3, -0.25) is 9.59 Å². The van der Waals surface area contributed by atoms with Gasteiger partial charge in [0.05, 0.1) is 20.9 Å². The number of carbonyl (C=O) groups is 1. The molecular weight excluding hydrogens is 460 g/mol. The molecule has 0 saturated carbocycles. The lowest BCUT2D eigenvalue weighted by Crippen LogP contribution is -2.23. The Balaban J connectivity index is 1.36. The van der Waals surface area contributed by atoms with E-state index in [1.165, 1.54) is 34.4 Å². The zero-order valence-electron chi connectivity index (χ0n) is 17.2. The second kappa shape index (κ2) is 8.50. The van der Waals surface area contributed by atoms with Crippen LogP contribution in [-0.2, 0) is 4.79 Å². The normalized spacial score (nSPS) is 12.3. The van der Waals surface area contributed by atoms with Gasteiger partial charge in [-0.25, -0.2) is 9.97 Å². The average Bonchev–Trinajstić information content (AvgIpc) is 3.38. The minimum atomic E-state index is -0.459. The van der Waals surface area contributed by atoms with Gasteiger partial charge in [0.15, 0.2) is 10.3 Å². The van der Waals surface area contributed by atoms with Crippen LogP contribution in [0.25, 0.3) is 31.6 Å². The molecule has 0 spiro atoms. The van der Waals surface area contributed by atoms with Crippen LogP contribution in [0.5, 0.6) is 0 Å². The van der Waals surface area contributed by atoms with Crippen molar-refractivity contribution in [1.29, 1.82) is 0 Å². The maximum Gasteiger partial charge on any atom is 0.260 e. The van der Waals surface area contributed by atoms with E-state index < -0.39 is 5.25 Å². The molecule has 1 atom stereocenters. The van der Waals surface area contributed by atoms with E-state index in [2.05, 4.69) is 20.3 Å². The van der Waals surface area contributed by atoms with Crippen LogP contribution in [0.3, 0.4) is 0 Å². The number of H-pyrrole nitrogens is 1. The van der Waals surface area contributed by atoms with Gasteiger partial charge < -0.3 is 10.3 Å². The SMILES string of the molecule is Cc1ccc(-c2csc3nc(SC(C)C(=O)Nc4nc5ccccc5s4)[nH]c(=O)c23)cc1. The number of thiophene rings is 1. The third-order valence-electron chi connectivity index (χ3n) is 4.97. The van der Waals surface area contributed by atoms with Crippen molar-refractivity contribution < 1.29 is 4.79 Å². The van der Waals surface area contributed by atoms with E-state index in [4.69, 9.17) is 0 Å². The van der Waals surface area contributed by atoms with Crippen LogP contribution in [0, 0.1) is 6.92 Å². The van der Waals surface area contributed by atoms with Gasteiger partial charge in [-0.1, -0.05) is 65.1 Å². The summed E-state index contributed by atoms with van der Waals surface area (Å²) in [7, 11) is 0. The molecule has 32 heavy (non-hydrogen) atoms. The molecule has 0 bridgehead atoms. The standard InChI is InChI=1S/C23H18N4O2S3/c1-12-7-9-14(10-8-12)15-11-30-21-18(15)20(29)26-23(27-21)31-13(2)19(28)25-22-24-16-5-3-4-6-17(16)32-22/h3-11,13H,1-2H3,(H,24,25,28)(H,26,27,29). The fraction of sp³-hybridized carbons (Fsp3) is 0.130. The number of aromatic nitrogens is 3. The van der Waals surface area contributed by atoms with Crippen LogP contribution >= 0.6 is 34.4 Å². The van der Waals surface area contributed by atoms with E-state index >= 15 is 0 Å². The molecule has 3 heterocycles. The van der Waals surface area contributed by atoms with Gasteiger partial charge in [-0.05, 0) is 31.5 Å². The molecule has 0 aliphatic carbocycles. The quantitative estimate of drug-likeness (QED) is 0.250. The first-order valence-electron chi connectivity index (χ1n) is 9.89. The van der Waals surface area contributed by atoms with Crippen LogP contribution in [0.4, 0.5) is 5.13 Å². The van der Waals surface area contributed by atoms with Gasteiger partial charge in [-0.15, -0.1) is 11.3 Å². The number of nitrogens with zero attached hydrogens (tertiary/aromatic N) is 2. The Kier molecular flexibility index (Phi) is 5.54. The molecule has 5 aromatic rings. The van der Waals surface area contributed by atoms with Crippen LogP contribution in [-0.4, -0.2) is 26.1 Å². The van der Waals surface area contributed by atoms with Crippen molar-refractivity contribution in [3.05, 3.63) is 69.8 Å². The molecule has 9 heteroatoms. The van der Waals surface area contributed by atoms with E-state index in [1.807, 2.05) is 60.8 Å². The van der Waals surface area contributed by atoms with Crippen molar-refractivity contribution in [2.24, 2.45) is 0 Å². The second-order valence-corrected chi connectivity index (χ2v) is 10.5. The maximum atomic E-state index is 12.9. The Morgan fingerprint density at radius 1 is 1.12 bits per heavy atom. The van der Waals surface area contributed by atoms with E-state index in [-0.39, 0.29) is 11.5 Å². The van der Waals surface area contributed by atoms with Crippen molar-refractivity contribution in [1.82, 2.24) is 15.0 Å². The van der Waals surface area contributed by atoms with E-state index in [0.717, 1.165) is 26.9 Å². The maximum absolute atomic E-state index is 12.9. The van der Waals surface area contributed by atoms with E-state index in [1.54, 1.807) is 6.92 Å². The van der Waals surface area contributed by atoms with Crippen molar-refractivity contribution in [2.75, 3.05) is 5.32 Å². The smallest absolute Gasteiger partial charge is 0.260 e. The highest BCUT2D eigenvalue weighted by atomic mass is 32.2. The van der Waals surface area contributed by atoms with Gasteiger partial charge in [0.25, 0.3) is 5.56 Å². The predicted molar refractivity (Wildman–Crippen MR) is 134 cm³/mol. The van der Waals surface area contributed by atoms with Crippen LogP contribution in [0.2, 0.25) is 0 Å². The molecule has 0 aliphatic heterocycles. The fourth-order valence-electron chi connectivity index (χ4n) is 3.28. The third-order valence-corrected chi connectivity index (χ3v) is 7.77. The molecule has 1 unspecified atom stereocenters. The van der Waals surface area contributed by atoms with Gasteiger partial charge in [-0.2, -0.15) is 0 Å². The molecule has 0 aliphatic rings. The minimum absolute atomic E-state index is 0.191. The number of hydrogen-bond acceptors (Lipinski definition) is 7. The molecule has 3 aromatic heterocycles. The lowest BCUT2D eigenvalue weighted by molar-refractivity contribution is -0.115. The zero-order chi connectivity index (χ0) is 22.2. The van der Waals surface area contributed by atoms with Gasteiger partial charge in [0, 0.05) is 10.9 Å². The van der Waals surface area contributed by atoms with Crippen LogP contribution in [0.15, 0.2) is 63.9 Å². The Morgan fingerprint density at radius 2 is 1.91 bits per heavy atom. The number of aromatic amines is 1. The fourth-order valence-corrected chi connectivity index (χ4v) is 5.96. The number of aryl methyl sites for hydroxylation is 1. The molecule has 0 radical (unpaired) electrons. The Morgan fingerprint density at radius 3 is 2.69 bits per heavy atom. The number of fused-ring (bicyclic) bond motifs is 2. The highest BCUT2D eigenvalue weighted by molar-refractivity contribution is 8.00. The summed E-state index contributed by atoms with van der Waals surface area (Å²) < 4.78 is 1.02. The number of thioether (sulfide) groups is 1. The number of anilines is 1. The number of amides is 1. The zero-order valence-corrected chi connectivity index (χ0v) is 19.7. The first-order chi connectivity index (χ1) is 15.5. The summed E-state index contributed by atoms with van der Waals surface area (Å²) >= 11 is 4.08. The average molecular weight is 479 g/mol. The number of hydrogen-bond donors (Lipinski definition) is 2. The van der Waals surface area contributed by atoms with Crippen molar-refractivity contribution in [2.45, 2.75) is 24.3 Å². The second-order valence-electron chi connectivity index (χ2n) is 7.30. The van der Waals surface area contributed by atoms with Crippen molar-refractivity contribution >= 4 is 65.9 Å². The third kappa shape index (κ3) is 4.06. The lowest BCUT2D eigenvalue weighted by Gasteiger charge is -2.09.